The maximum Gasteiger partial charge on any atom is 0.329 e. The molecule has 0 saturated heterocycles. The highest BCUT2D eigenvalue weighted by Gasteiger charge is 2.43. The van der Waals surface area contributed by atoms with Crippen molar-refractivity contribution in [3.8, 4) is 5.75 Å². The molecular formula is C15H20N2O4. The van der Waals surface area contributed by atoms with Gasteiger partial charge in [-0.3, -0.25) is 4.90 Å². The number of urea groups is 1. The van der Waals surface area contributed by atoms with Gasteiger partial charge in [0.15, 0.2) is 0 Å². The molecule has 2 amide bonds. The molecular weight excluding hydrogens is 272 g/mol. The predicted octanol–water partition coefficient (Wildman–Crippen LogP) is 2.33. The lowest BCUT2D eigenvalue weighted by Gasteiger charge is -2.30. The van der Waals surface area contributed by atoms with Gasteiger partial charge in [0.05, 0.1) is 0 Å². The summed E-state index contributed by atoms with van der Waals surface area (Å²) in [4.78, 5) is 25.3. The molecule has 21 heavy (non-hydrogen) atoms. The quantitative estimate of drug-likeness (QED) is 0.794. The Balaban J connectivity index is 2.19. The molecule has 0 spiro atoms. The third-order valence-corrected chi connectivity index (χ3v) is 3.92. The Morgan fingerprint density at radius 1 is 1.33 bits per heavy atom. The Morgan fingerprint density at radius 3 is 2.52 bits per heavy atom. The molecule has 0 atom stereocenters. The molecule has 0 heterocycles. The first-order chi connectivity index (χ1) is 9.98. The number of nitrogens with zero attached hydrogens (tertiary/aromatic N) is 1. The Morgan fingerprint density at radius 2 is 2.00 bits per heavy atom. The highest BCUT2D eigenvalue weighted by atomic mass is 16.4. The Bertz CT molecular complexity index is 538. The van der Waals surface area contributed by atoms with Crippen LogP contribution in [0.25, 0.3) is 0 Å². The lowest BCUT2D eigenvalue weighted by molar-refractivity contribution is -0.144. The highest BCUT2D eigenvalue weighted by Crippen LogP contribution is 2.30. The number of phenols is 1. The average Bonchev–Trinajstić information content (AvgIpc) is 2.89. The maximum atomic E-state index is 12.4. The van der Waals surface area contributed by atoms with Gasteiger partial charge >= 0.3 is 12.0 Å². The van der Waals surface area contributed by atoms with E-state index in [4.69, 9.17) is 0 Å². The molecule has 0 aliphatic heterocycles. The van der Waals surface area contributed by atoms with E-state index in [-0.39, 0.29) is 5.75 Å². The maximum absolute atomic E-state index is 12.4. The number of carboxylic acid groups (broad SMARTS) is 1. The summed E-state index contributed by atoms with van der Waals surface area (Å²) in [5.41, 5.74) is -0.630. The summed E-state index contributed by atoms with van der Waals surface area (Å²) in [5, 5.41) is 21.6. The smallest absolute Gasteiger partial charge is 0.329 e. The van der Waals surface area contributed by atoms with Crippen molar-refractivity contribution in [3.63, 3.8) is 0 Å². The largest absolute Gasteiger partial charge is 0.508 e. The van der Waals surface area contributed by atoms with Crippen LogP contribution in [0.5, 0.6) is 5.75 Å². The topological polar surface area (TPSA) is 89.9 Å². The number of carboxylic acids is 1. The molecule has 2 rings (SSSR count). The van der Waals surface area contributed by atoms with Gasteiger partial charge in [0.25, 0.3) is 0 Å². The van der Waals surface area contributed by atoms with Crippen LogP contribution in [0, 0.1) is 0 Å². The number of rotatable bonds is 4. The molecule has 1 aliphatic rings. The van der Waals surface area contributed by atoms with Crippen molar-refractivity contribution in [1.29, 1.82) is 0 Å². The lowest BCUT2D eigenvalue weighted by atomic mass is 9.98. The number of aliphatic carboxylic acids is 1. The molecule has 0 radical (unpaired) electrons. The minimum Gasteiger partial charge on any atom is -0.508 e. The van der Waals surface area contributed by atoms with Crippen LogP contribution in [-0.4, -0.2) is 34.3 Å². The molecule has 114 valence electrons. The Labute approximate surface area is 123 Å². The molecule has 1 aromatic carbocycles. The third-order valence-electron chi connectivity index (χ3n) is 3.92. The number of nitrogens with one attached hydrogen (secondary N) is 1. The monoisotopic (exact) mass is 292 g/mol. The van der Waals surface area contributed by atoms with Crippen molar-refractivity contribution >= 4 is 17.7 Å². The first-order valence-corrected chi connectivity index (χ1v) is 7.10. The van der Waals surface area contributed by atoms with E-state index in [2.05, 4.69) is 5.32 Å². The van der Waals surface area contributed by atoms with Crippen LogP contribution in [0.3, 0.4) is 0 Å². The number of hydrogen-bond acceptors (Lipinski definition) is 3. The average molecular weight is 292 g/mol. The lowest BCUT2D eigenvalue weighted by Crippen LogP contribution is -2.56. The third kappa shape index (κ3) is 3.09. The molecule has 1 aromatic rings. The van der Waals surface area contributed by atoms with Gasteiger partial charge in [-0.1, -0.05) is 18.9 Å². The molecule has 0 aromatic heterocycles. The molecule has 6 heteroatoms. The molecule has 0 bridgehead atoms. The Kier molecular flexibility index (Phi) is 4.35. The van der Waals surface area contributed by atoms with Crippen LogP contribution in [0.1, 0.15) is 32.6 Å². The van der Waals surface area contributed by atoms with Gasteiger partial charge < -0.3 is 15.5 Å². The SMILES string of the molecule is CCN(C(=O)NC1(C(=O)O)CCCC1)c1cccc(O)c1. The fourth-order valence-electron chi connectivity index (χ4n) is 2.75. The van der Waals surface area contributed by atoms with Crippen LogP contribution in [0.4, 0.5) is 10.5 Å². The number of aromatic hydroxyl groups is 1. The number of amides is 2. The Hall–Kier alpha value is -2.24. The predicted molar refractivity (Wildman–Crippen MR) is 78.5 cm³/mol. The van der Waals surface area contributed by atoms with Gasteiger partial charge in [-0.15, -0.1) is 0 Å². The molecule has 0 unspecified atom stereocenters. The van der Waals surface area contributed by atoms with E-state index in [1.54, 1.807) is 19.1 Å². The van der Waals surface area contributed by atoms with Crippen LogP contribution < -0.4 is 10.2 Å². The fraction of sp³-hybridized carbons (Fsp3) is 0.467. The second kappa shape index (κ2) is 6.03. The first-order valence-electron chi connectivity index (χ1n) is 7.10. The summed E-state index contributed by atoms with van der Waals surface area (Å²) in [6.45, 7) is 2.18. The van der Waals surface area contributed by atoms with Crippen LogP contribution in [-0.2, 0) is 4.79 Å². The second-order valence-electron chi connectivity index (χ2n) is 5.29. The zero-order chi connectivity index (χ0) is 15.5. The van der Waals surface area contributed by atoms with E-state index in [0.29, 0.717) is 25.1 Å². The number of carbonyl (C=O) groups is 2. The fourth-order valence-corrected chi connectivity index (χ4v) is 2.75. The number of carbonyl (C=O) groups excluding carboxylic acids is 1. The summed E-state index contributed by atoms with van der Waals surface area (Å²) in [7, 11) is 0. The number of benzene rings is 1. The minimum absolute atomic E-state index is 0.0626. The van der Waals surface area contributed by atoms with E-state index in [9.17, 15) is 19.8 Å². The van der Waals surface area contributed by atoms with Gasteiger partial charge in [0, 0.05) is 18.3 Å². The summed E-state index contributed by atoms with van der Waals surface area (Å²) in [6.07, 6.45) is 2.49. The van der Waals surface area contributed by atoms with Crippen LogP contribution in [0.2, 0.25) is 0 Å². The van der Waals surface area contributed by atoms with E-state index < -0.39 is 17.5 Å². The van der Waals surface area contributed by atoms with Gasteiger partial charge in [-0.25, -0.2) is 9.59 Å². The van der Waals surface area contributed by atoms with Crippen molar-refractivity contribution < 1.29 is 19.8 Å². The van der Waals surface area contributed by atoms with Gasteiger partial charge in [0.2, 0.25) is 0 Å². The molecule has 1 fully saturated rings. The van der Waals surface area contributed by atoms with Crippen molar-refractivity contribution in [2.45, 2.75) is 38.1 Å². The van der Waals surface area contributed by atoms with Crippen molar-refractivity contribution in [3.05, 3.63) is 24.3 Å². The summed E-state index contributed by atoms with van der Waals surface area (Å²) >= 11 is 0. The number of anilines is 1. The molecule has 6 nitrogen and oxygen atoms in total. The normalized spacial score (nSPS) is 16.4. The van der Waals surface area contributed by atoms with Gasteiger partial charge in [-0.05, 0) is 31.9 Å². The van der Waals surface area contributed by atoms with Crippen LogP contribution in [0.15, 0.2) is 24.3 Å². The second-order valence-corrected chi connectivity index (χ2v) is 5.29. The van der Waals surface area contributed by atoms with Crippen molar-refractivity contribution in [2.24, 2.45) is 0 Å². The van der Waals surface area contributed by atoms with E-state index >= 15 is 0 Å². The van der Waals surface area contributed by atoms with E-state index in [0.717, 1.165) is 12.8 Å². The zero-order valence-electron chi connectivity index (χ0n) is 12.0. The van der Waals surface area contributed by atoms with Crippen molar-refractivity contribution in [1.82, 2.24) is 5.32 Å². The van der Waals surface area contributed by atoms with Crippen LogP contribution >= 0.6 is 0 Å². The van der Waals surface area contributed by atoms with Gasteiger partial charge in [0.1, 0.15) is 11.3 Å². The summed E-state index contributed by atoms with van der Waals surface area (Å²) < 4.78 is 0. The summed E-state index contributed by atoms with van der Waals surface area (Å²) in [6, 6.07) is 5.89. The molecule has 1 aliphatic carbocycles. The number of phenolic OH excluding ortho intramolecular Hbond substituents is 1. The zero-order valence-corrected chi connectivity index (χ0v) is 12.0. The highest BCUT2D eigenvalue weighted by molar-refractivity contribution is 5.96. The summed E-state index contributed by atoms with van der Waals surface area (Å²) in [5.74, 6) is -0.923. The molecule has 1 saturated carbocycles. The van der Waals surface area contributed by atoms with Gasteiger partial charge in [-0.2, -0.15) is 0 Å². The van der Waals surface area contributed by atoms with E-state index in [1.807, 2.05) is 0 Å². The first kappa shape index (κ1) is 15.2. The van der Waals surface area contributed by atoms with E-state index in [1.165, 1.54) is 17.0 Å². The van der Waals surface area contributed by atoms with Crippen molar-refractivity contribution in [2.75, 3.05) is 11.4 Å². The standard InChI is InChI=1S/C15H20N2O4/c1-2-17(11-6-5-7-12(18)10-11)14(21)16-15(13(19)20)8-3-4-9-15/h5-7,10,18H,2-4,8-9H2,1H3,(H,16,21)(H,19,20). The number of hydrogen-bond donors (Lipinski definition) is 3. The molecule has 3 N–H and O–H groups in total. The minimum atomic E-state index is -1.17.